The third-order valence-electron chi connectivity index (χ3n) is 4.85. The van der Waals surface area contributed by atoms with E-state index in [1.165, 1.54) is 24.1 Å². The van der Waals surface area contributed by atoms with Crippen LogP contribution in [0.3, 0.4) is 0 Å². The van der Waals surface area contributed by atoms with E-state index in [0.717, 1.165) is 25.6 Å². The standard InChI is InChI=1S/C20H24ClFN6O3/c1-13(5-8-28-18(23)16(12-25-28)19(29)26-31-9-6-21)27-7-3-4-17(27)15-10-14(22)11-24-20(15)30-2/h5,8,10-12,17H,1,3-4,6-7,9,23H2,2H3,(H,26,29)/b8-5-/t17-/m1/s1. The number of anilines is 1. The van der Waals surface area contributed by atoms with Gasteiger partial charge >= 0.3 is 0 Å². The second-order valence-electron chi connectivity index (χ2n) is 6.77. The van der Waals surface area contributed by atoms with Gasteiger partial charge < -0.3 is 15.4 Å². The highest BCUT2D eigenvalue weighted by atomic mass is 35.5. The minimum absolute atomic E-state index is 0.120. The Labute approximate surface area is 184 Å². The third kappa shape index (κ3) is 5.15. The molecule has 1 atom stereocenters. The highest BCUT2D eigenvalue weighted by molar-refractivity contribution is 6.18. The Kier molecular flexibility index (Phi) is 7.48. The average Bonchev–Trinajstić information content (AvgIpc) is 3.39. The summed E-state index contributed by atoms with van der Waals surface area (Å²) >= 11 is 5.50. The highest BCUT2D eigenvalue weighted by Crippen LogP contribution is 2.38. The van der Waals surface area contributed by atoms with Crippen molar-refractivity contribution in [3.63, 3.8) is 0 Å². The van der Waals surface area contributed by atoms with Gasteiger partial charge in [-0.15, -0.1) is 11.6 Å². The first kappa shape index (κ1) is 22.6. The van der Waals surface area contributed by atoms with E-state index in [1.807, 2.05) is 4.90 Å². The van der Waals surface area contributed by atoms with Gasteiger partial charge in [-0.3, -0.25) is 9.63 Å². The van der Waals surface area contributed by atoms with Crippen molar-refractivity contribution in [3.05, 3.63) is 53.8 Å². The van der Waals surface area contributed by atoms with Gasteiger partial charge in [0.25, 0.3) is 5.91 Å². The number of rotatable bonds is 9. The van der Waals surface area contributed by atoms with Crippen LogP contribution in [0.1, 0.15) is 34.8 Å². The molecular formula is C20H24ClFN6O3. The van der Waals surface area contributed by atoms with Crippen LogP contribution in [0, 0.1) is 5.82 Å². The number of carbonyl (C=O) groups is 1. The predicted molar refractivity (Wildman–Crippen MR) is 115 cm³/mol. The van der Waals surface area contributed by atoms with Crippen molar-refractivity contribution >= 4 is 29.5 Å². The number of alkyl halides is 1. The number of nitrogen functional groups attached to an aromatic ring is 1. The maximum Gasteiger partial charge on any atom is 0.280 e. The average molecular weight is 451 g/mol. The van der Waals surface area contributed by atoms with Gasteiger partial charge in [-0.25, -0.2) is 19.5 Å². The maximum atomic E-state index is 13.8. The summed E-state index contributed by atoms with van der Waals surface area (Å²) in [5.41, 5.74) is 9.78. The van der Waals surface area contributed by atoms with E-state index < -0.39 is 11.7 Å². The fraction of sp³-hybridized carbons (Fsp3) is 0.350. The van der Waals surface area contributed by atoms with E-state index in [-0.39, 0.29) is 29.9 Å². The number of likely N-dealkylation sites (tertiary alicyclic amines) is 1. The van der Waals surface area contributed by atoms with Gasteiger partial charge in [-0.2, -0.15) is 5.10 Å². The van der Waals surface area contributed by atoms with E-state index in [0.29, 0.717) is 17.1 Å². The molecule has 2 aromatic rings. The van der Waals surface area contributed by atoms with Gasteiger partial charge in [0.05, 0.1) is 32.2 Å². The first-order valence-corrected chi connectivity index (χ1v) is 10.1. The number of amides is 1. The predicted octanol–water partition coefficient (Wildman–Crippen LogP) is 2.73. The third-order valence-corrected chi connectivity index (χ3v) is 5.00. The van der Waals surface area contributed by atoms with E-state index in [1.54, 1.807) is 12.3 Å². The molecule has 1 aliphatic heterocycles. The molecule has 2 aromatic heterocycles. The maximum absolute atomic E-state index is 13.8. The van der Waals surface area contributed by atoms with E-state index in [9.17, 15) is 9.18 Å². The summed E-state index contributed by atoms with van der Waals surface area (Å²) in [6.45, 7) is 5.03. The van der Waals surface area contributed by atoms with Gasteiger partial charge in [0, 0.05) is 29.9 Å². The molecular weight excluding hydrogens is 427 g/mol. The molecule has 11 heteroatoms. The largest absolute Gasteiger partial charge is 0.481 e. The number of nitrogens with two attached hydrogens (primary N) is 1. The normalized spacial score (nSPS) is 16.1. The van der Waals surface area contributed by atoms with Gasteiger partial charge in [-0.05, 0) is 25.0 Å². The number of pyridine rings is 1. The first-order chi connectivity index (χ1) is 15.0. The van der Waals surface area contributed by atoms with Gasteiger partial charge in [0.1, 0.15) is 17.2 Å². The molecule has 0 aromatic carbocycles. The lowest BCUT2D eigenvalue weighted by molar-refractivity contribution is 0.0373. The Morgan fingerprint density at radius 2 is 2.32 bits per heavy atom. The summed E-state index contributed by atoms with van der Waals surface area (Å²) in [6, 6.07) is 1.32. The molecule has 0 radical (unpaired) electrons. The van der Waals surface area contributed by atoms with Crippen molar-refractivity contribution < 1.29 is 18.8 Å². The molecule has 0 bridgehead atoms. The molecule has 0 aliphatic carbocycles. The summed E-state index contributed by atoms with van der Waals surface area (Å²) in [4.78, 5) is 23.1. The lowest BCUT2D eigenvalue weighted by atomic mass is 10.1. The van der Waals surface area contributed by atoms with Crippen LogP contribution in [0.2, 0.25) is 0 Å². The molecule has 3 heterocycles. The minimum Gasteiger partial charge on any atom is -0.481 e. The van der Waals surface area contributed by atoms with Crippen LogP contribution in [0.25, 0.3) is 6.20 Å². The number of halogens is 2. The van der Waals surface area contributed by atoms with Crippen molar-refractivity contribution in [1.29, 1.82) is 0 Å². The number of ether oxygens (including phenoxy) is 1. The van der Waals surface area contributed by atoms with Crippen LogP contribution in [0.15, 0.2) is 36.8 Å². The second kappa shape index (κ2) is 10.3. The Morgan fingerprint density at radius 1 is 1.52 bits per heavy atom. The lowest BCUT2D eigenvalue weighted by Gasteiger charge is -2.28. The van der Waals surface area contributed by atoms with Crippen LogP contribution in [-0.4, -0.2) is 51.7 Å². The number of nitrogens with zero attached hydrogens (tertiary/aromatic N) is 4. The van der Waals surface area contributed by atoms with Gasteiger partial charge in [0.2, 0.25) is 5.88 Å². The zero-order valence-electron chi connectivity index (χ0n) is 17.1. The number of nitrogens with one attached hydrogen (secondary N) is 1. The zero-order valence-corrected chi connectivity index (χ0v) is 17.8. The first-order valence-electron chi connectivity index (χ1n) is 9.60. The molecule has 0 saturated carbocycles. The molecule has 31 heavy (non-hydrogen) atoms. The van der Waals surface area contributed by atoms with E-state index in [2.05, 4.69) is 22.1 Å². The Morgan fingerprint density at radius 3 is 3.06 bits per heavy atom. The molecule has 3 rings (SSSR count). The smallest absolute Gasteiger partial charge is 0.280 e. The van der Waals surface area contributed by atoms with Crippen molar-refractivity contribution in [1.82, 2.24) is 25.1 Å². The van der Waals surface area contributed by atoms with Gasteiger partial charge in [0.15, 0.2) is 0 Å². The number of carbonyl (C=O) groups excluding carboxylic acids is 1. The van der Waals surface area contributed by atoms with Gasteiger partial charge in [-0.1, -0.05) is 6.58 Å². The Hall–Kier alpha value is -3.11. The molecule has 0 spiro atoms. The van der Waals surface area contributed by atoms with Crippen molar-refractivity contribution in [3.8, 4) is 5.88 Å². The van der Waals surface area contributed by atoms with Crippen LogP contribution < -0.4 is 16.0 Å². The number of allylic oxidation sites excluding steroid dienone is 1. The molecule has 166 valence electrons. The number of hydroxylamine groups is 1. The minimum atomic E-state index is -0.522. The Bertz CT molecular complexity index is 980. The lowest BCUT2D eigenvalue weighted by Crippen LogP contribution is -2.25. The van der Waals surface area contributed by atoms with E-state index in [4.69, 9.17) is 26.9 Å². The molecule has 0 unspecified atom stereocenters. The number of hydrogen-bond donors (Lipinski definition) is 2. The van der Waals surface area contributed by atoms with Crippen LogP contribution >= 0.6 is 11.6 Å². The van der Waals surface area contributed by atoms with Crippen molar-refractivity contribution in [2.75, 3.05) is 31.9 Å². The quantitative estimate of drug-likeness (QED) is 0.262. The van der Waals surface area contributed by atoms with E-state index >= 15 is 0 Å². The van der Waals surface area contributed by atoms with Crippen molar-refractivity contribution in [2.24, 2.45) is 0 Å². The number of hydrogen-bond acceptors (Lipinski definition) is 7. The summed E-state index contributed by atoms with van der Waals surface area (Å²) in [7, 11) is 1.51. The van der Waals surface area contributed by atoms with Crippen LogP contribution in [0.5, 0.6) is 5.88 Å². The molecule has 1 aliphatic rings. The molecule has 1 amide bonds. The monoisotopic (exact) mass is 450 g/mol. The molecule has 9 nitrogen and oxygen atoms in total. The topological polar surface area (TPSA) is 108 Å². The van der Waals surface area contributed by atoms with Crippen LogP contribution in [0.4, 0.5) is 10.2 Å². The SMILES string of the molecule is C=C(/C=C\n1ncc(C(=O)NOCCCl)c1N)N1CCC[C@@H]1c1cc(F)cnc1OC. The summed E-state index contributed by atoms with van der Waals surface area (Å²) < 4.78 is 20.5. The summed E-state index contributed by atoms with van der Waals surface area (Å²) in [5.74, 6) is -0.168. The molecule has 1 saturated heterocycles. The summed E-state index contributed by atoms with van der Waals surface area (Å²) in [6.07, 6.45) is 7.52. The number of methoxy groups -OCH3 is 1. The fourth-order valence-corrected chi connectivity index (χ4v) is 3.49. The van der Waals surface area contributed by atoms with Crippen LogP contribution in [-0.2, 0) is 4.84 Å². The zero-order chi connectivity index (χ0) is 22.4. The van der Waals surface area contributed by atoms with Crippen molar-refractivity contribution in [2.45, 2.75) is 18.9 Å². The second-order valence-corrected chi connectivity index (χ2v) is 7.15. The Balaban J connectivity index is 1.73. The molecule has 1 fully saturated rings. The fourth-order valence-electron chi connectivity index (χ4n) is 3.41. The number of aromatic nitrogens is 3. The molecule has 3 N–H and O–H groups in total. The highest BCUT2D eigenvalue weighted by Gasteiger charge is 2.29. The summed E-state index contributed by atoms with van der Waals surface area (Å²) in [5, 5.41) is 4.10.